The Bertz CT molecular complexity index is 1570. The van der Waals surface area contributed by atoms with Crippen LogP contribution in [0.4, 0.5) is 5.82 Å². The highest BCUT2D eigenvalue weighted by Crippen LogP contribution is 2.42. The Hall–Kier alpha value is -3.40. The molecule has 2 saturated heterocycles. The van der Waals surface area contributed by atoms with Gasteiger partial charge < -0.3 is 20.3 Å². The van der Waals surface area contributed by atoms with Crippen molar-refractivity contribution >= 4 is 45.8 Å². The van der Waals surface area contributed by atoms with Crippen molar-refractivity contribution < 1.29 is 9.53 Å². The molecule has 1 aromatic carbocycles. The van der Waals surface area contributed by atoms with Crippen LogP contribution >= 0.6 is 23.2 Å². The van der Waals surface area contributed by atoms with Crippen LogP contribution in [0, 0.1) is 10.8 Å². The zero-order valence-corrected chi connectivity index (χ0v) is 24.8. The number of hydrogen-bond donors (Lipinski definition) is 2. The molecule has 1 spiro atoms. The Kier molecular flexibility index (Phi) is 7.08. The lowest BCUT2D eigenvalue weighted by Gasteiger charge is -2.60. The second-order valence-corrected chi connectivity index (χ2v) is 12.9. The number of rotatable bonds is 8. The SMILES string of the molecule is C[C@@H](Oc1ccc2[nH]nc(-c3ccc(N4CC5(CN(C(=O)CC(C)(C)CN)C5)C4)nc3)c2c1)c1c(Cl)cncc1Cl. The molecule has 0 unspecified atom stereocenters. The van der Waals surface area contributed by atoms with Gasteiger partial charge in [0.25, 0.3) is 0 Å². The summed E-state index contributed by atoms with van der Waals surface area (Å²) in [5.74, 6) is 1.80. The van der Waals surface area contributed by atoms with Crippen LogP contribution < -0.4 is 15.4 Å². The molecule has 2 aliphatic heterocycles. The van der Waals surface area contributed by atoms with E-state index in [1.807, 2.05) is 62.2 Å². The van der Waals surface area contributed by atoms with Crippen molar-refractivity contribution in [1.29, 1.82) is 0 Å². The molecule has 0 radical (unpaired) electrons. The smallest absolute Gasteiger partial charge is 0.223 e. The zero-order chi connectivity index (χ0) is 28.9. The number of carbonyl (C=O) groups is 1. The fraction of sp³-hybridized carbons (Fsp3) is 0.400. The first-order chi connectivity index (χ1) is 19.6. The third kappa shape index (κ3) is 5.34. The van der Waals surface area contributed by atoms with Crippen molar-refractivity contribution in [1.82, 2.24) is 25.1 Å². The second kappa shape index (κ2) is 10.5. The van der Waals surface area contributed by atoms with E-state index in [0.717, 1.165) is 54.2 Å². The van der Waals surface area contributed by atoms with Gasteiger partial charge in [-0.25, -0.2) is 4.98 Å². The molecule has 2 fully saturated rings. The first-order valence-electron chi connectivity index (χ1n) is 13.7. The van der Waals surface area contributed by atoms with Crippen LogP contribution in [0.3, 0.4) is 0 Å². The average Bonchev–Trinajstić information content (AvgIpc) is 3.30. The highest BCUT2D eigenvalue weighted by molar-refractivity contribution is 6.35. The van der Waals surface area contributed by atoms with Gasteiger partial charge in [0.15, 0.2) is 0 Å². The van der Waals surface area contributed by atoms with E-state index in [4.69, 9.17) is 38.7 Å². The fourth-order valence-electron chi connectivity index (χ4n) is 5.73. The molecular formula is C30H33Cl2N7O2. The molecule has 4 aromatic rings. The van der Waals surface area contributed by atoms with Gasteiger partial charge in [0.05, 0.1) is 15.6 Å². The Balaban J connectivity index is 1.10. The molecule has 0 saturated carbocycles. The number of benzene rings is 1. The molecule has 41 heavy (non-hydrogen) atoms. The number of nitrogens with zero attached hydrogens (tertiary/aromatic N) is 5. The van der Waals surface area contributed by atoms with E-state index in [-0.39, 0.29) is 22.8 Å². The predicted molar refractivity (Wildman–Crippen MR) is 161 cm³/mol. The van der Waals surface area contributed by atoms with Crippen LogP contribution in [-0.4, -0.2) is 63.7 Å². The number of fused-ring (bicyclic) bond motifs is 1. The number of nitrogens with one attached hydrogen (secondary N) is 1. The van der Waals surface area contributed by atoms with Crippen LogP contribution in [-0.2, 0) is 4.79 Å². The summed E-state index contributed by atoms with van der Waals surface area (Å²) >= 11 is 12.6. The third-order valence-electron chi connectivity index (χ3n) is 8.13. The van der Waals surface area contributed by atoms with Crippen LogP contribution in [0.1, 0.15) is 38.9 Å². The molecule has 0 aliphatic carbocycles. The van der Waals surface area contributed by atoms with Crippen LogP contribution in [0.5, 0.6) is 5.75 Å². The number of anilines is 1. The number of nitrogens with two attached hydrogens (primary N) is 1. The number of aromatic amines is 1. The number of likely N-dealkylation sites (tertiary alicyclic amines) is 1. The molecule has 214 valence electrons. The van der Waals surface area contributed by atoms with Crippen molar-refractivity contribution in [3.63, 3.8) is 0 Å². The van der Waals surface area contributed by atoms with Crippen LogP contribution in [0.25, 0.3) is 22.2 Å². The molecule has 1 atom stereocenters. The van der Waals surface area contributed by atoms with E-state index >= 15 is 0 Å². The maximum absolute atomic E-state index is 12.6. The van der Waals surface area contributed by atoms with E-state index < -0.39 is 0 Å². The molecule has 9 nitrogen and oxygen atoms in total. The molecule has 2 aliphatic rings. The number of carbonyl (C=O) groups excluding carboxylic acids is 1. The maximum atomic E-state index is 12.6. The van der Waals surface area contributed by atoms with Gasteiger partial charge in [0, 0.05) is 73.1 Å². The summed E-state index contributed by atoms with van der Waals surface area (Å²) in [6.45, 7) is 9.90. The van der Waals surface area contributed by atoms with E-state index in [1.165, 1.54) is 0 Å². The minimum Gasteiger partial charge on any atom is -0.486 e. The van der Waals surface area contributed by atoms with E-state index in [2.05, 4.69) is 20.1 Å². The van der Waals surface area contributed by atoms with Gasteiger partial charge >= 0.3 is 0 Å². The minimum atomic E-state index is -0.370. The summed E-state index contributed by atoms with van der Waals surface area (Å²) in [4.78, 5) is 25.6. The van der Waals surface area contributed by atoms with E-state index in [0.29, 0.717) is 34.3 Å². The number of hydrogen-bond acceptors (Lipinski definition) is 7. The van der Waals surface area contributed by atoms with Crippen molar-refractivity contribution in [2.24, 2.45) is 16.6 Å². The Morgan fingerprint density at radius 2 is 1.85 bits per heavy atom. The monoisotopic (exact) mass is 593 g/mol. The summed E-state index contributed by atoms with van der Waals surface area (Å²) in [6, 6.07) is 9.86. The Labute approximate surface area is 249 Å². The average molecular weight is 595 g/mol. The van der Waals surface area contributed by atoms with Crippen molar-refractivity contribution in [2.45, 2.75) is 33.3 Å². The molecule has 5 heterocycles. The topological polar surface area (TPSA) is 113 Å². The fourth-order valence-corrected chi connectivity index (χ4v) is 6.40. The number of ether oxygens (including phenoxy) is 1. The summed E-state index contributed by atoms with van der Waals surface area (Å²) in [6.07, 6.45) is 5.10. The molecule has 3 aromatic heterocycles. The number of amides is 1. The second-order valence-electron chi connectivity index (χ2n) is 12.1. The lowest BCUT2D eigenvalue weighted by atomic mass is 9.72. The van der Waals surface area contributed by atoms with E-state index in [9.17, 15) is 4.79 Å². The van der Waals surface area contributed by atoms with Gasteiger partial charge in [-0.05, 0) is 49.2 Å². The zero-order valence-electron chi connectivity index (χ0n) is 23.3. The quantitative estimate of drug-likeness (QED) is 0.277. The van der Waals surface area contributed by atoms with Gasteiger partial charge in [0.2, 0.25) is 5.91 Å². The first kappa shape index (κ1) is 27.8. The lowest BCUT2D eigenvalue weighted by molar-refractivity contribution is -0.147. The third-order valence-corrected chi connectivity index (χ3v) is 8.73. The summed E-state index contributed by atoms with van der Waals surface area (Å²) in [5, 5.41) is 9.50. The highest BCUT2D eigenvalue weighted by atomic mass is 35.5. The van der Waals surface area contributed by atoms with Gasteiger partial charge in [-0.3, -0.25) is 14.9 Å². The van der Waals surface area contributed by atoms with Crippen LogP contribution in [0.2, 0.25) is 10.0 Å². The summed E-state index contributed by atoms with van der Waals surface area (Å²) < 4.78 is 6.20. The van der Waals surface area contributed by atoms with Crippen LogP contribution in [0.15, 0.2) is 48.9 Å². The lowest BCUT2D eigenvalue weighted by Crippen LogP contribution is -2.73. The standard InChI is InChI=1S/C30H33Cl2N7O2/c1-18(27-22(31)11-34-12-23(27)32)41-20-5-6-24-21(8-20)28(37-36-24)19-4-7-25(35-10-19)38-14-30(15-38)16-39(17-30)26(40)9-29(2,3)13-33/h4-8,10-12,18H,9,13-17,33H2,1-3H3,(H,36,37)/t18-/m1/s1. The molecular weight excluding hydrogens is 561 g/mol. The molecule has 11 heteroatoms. The summed E-state index contributed by atoms with van der Waals surface area (Å²) in [5.41, 5.74) is 9.12. The van der Waals surface area contributed by atoms with Crippen molar-refractivity contribution in [2.75, 3.05) is 37.6 Å². The molecule has 6 rings (SSSR count). The predicted octanol–water partition coefficient (Wildman–Crippen LogP) is 5.49. The molecule has 0 bridgehead atoms. The maximum Gasteiger partial charge on any atom is 0.223 e. The highest BCUT2D eigenvalue weighted by Gasteiger charge is 2.53. The van der Waals surface area contributed by atoms with Gasteiger partial charge in [0.1, 0.15) is 23.4 Å². The van der Waals surface area contributed by atoms with Gasteiger partial charge in [-0.2, -0.15) is 5.10 Å². The minimum absolute atomic E-state index is 0.160. The van der Waals surface area contributed by atoms with Gasteiger partial charge in [-0.1, -0.05) is 37.0 Å². The van der Waals surface area contributed by atoms with E-state index in [1.54, 1.807) is 12.4 Å². The normalized spacial score (nSPS) is 16.9. The molecule has 1 amide bonds. The number of pyridine rings is 2. The van der Waals surface area contributed by atoms with Crippen molar-refractivity contribution in [3.05, 3.63) is 64.5 Å². The number of aromatic nitrogens is 4. The Morgan fingerprint density at radius 1 is 1.12 bits per heavy atom. The number of halogens is 2. The largest absolute Gasteiger partial charge is 0.486 e. The first-order valence-corrected chi connectivity index (χ1v) is 14.4. The van der Waals surface area contributed by atoms with Crippen molar-refractivity contribution in [3.8, 4) is 17.0 Å². The number of H-pyrrole nitrogens is 1. The van der Waals surface area contributed by atoms with Gasteiger partial charge in [-0.15, -0.1) is 0 Å². The summed E-state index contributed by atoms with van der Waals surface area (Å²) in [7, 11) is 0. The molecule has 3 N–H and O–H groups in total. The Morgan fingerprint density at radius 3 is 2.51 bits per heavy atom.